The molecule has 0 radical (unpaired) electrons. The standard InChI is InChI=1S/C24H29FN4O5S/c25-21-8-7-17(34-12-18-2-1-9-33-18)10-19(21)20-11-29(24-22(20)23(26)27-14-28-24)16-5-3-15(4-6-16)13-35(30,31)32/h7-8,10-11,14-16,18H,1-6,9,12-13H2,(H2,26,27,28)(H,30,31,32). The Balaban J connectivity index is 1.45. The van der Waals surface area contributed by atoms with Gasteiger partial charge in [0.05, 0.1) is 17.2 Å². The van der Waals surface area contributed by atoms with Crippen LogP contribution in [0.4, 0.5) is 10.2 Å². The van der Waals surface area contributed by atoms with Gasteiger partial charge in [0.1, 0.15) is 36.0 Å². The van der Waals surface area contributed by atoms with Gasteiger partial charge in [0.25, 0.3) is 10.1 Å². The number of halogens is 1. The molecular formula is C24H29FN4O5S. The highest BCUT2D eigenvalue weighted by molar-refractivity contribution is 7.85. The van der Waals surface area contributed by atoms with Gasteiger partial charge in [-0.15, -0.1) is 0 Å². The Labute approximate surface area is 203 Å². The van der Waals surface area contributed by atoms with E-state index in [0.29, 0.717) is 60.2 Å². The lowest BCUT2D eigenvalue weighted by Gasteiger charge is -2.29. The predicted octanol–water partition coefficient (Wildman–Crippen LogP) is 4.00. The van der Waals surface area contributed by atoms with Crippen LogP contribution in [0.5, 0.6) is 5.75 Å². The molecule has 1 saturated carbocycles. The van der Waals surface area contributed by atoms with Crippen molar-refractivity contribution in [3.05, 3.63) is 36.5 Å². The molecular weight excluding hydrogens is 475 g/mol. The molecule has 9 nitrogen and oxygen atoms in total. The summed E-state index contributed by atoms with van der Waals surface area (Å²) in [6, 6.07) is 4.69. The van der Waals surface area contributed by atoms with Crippen molar-refractivity contribution in [2.45, 2.75) is 50.7 Å². The molecule has 3 N–H and O–H groups in total. The number of ether oxygens (including phenoxy) is 2. The third kappa shape index (κ3) is 5.26. The molecule has 1 aliphatic carbocycles. The average molecular weight is 505 g/mol. The van der Waals surface area contributed by atoms with Crippen LogP contribution < -0.4 is 10.5 Å². The molecule has 1 saturated heterocycles. The van der Waals surface area contributed by atoms with E-state index in [9.17, 15) is 13.0 Å². The molecule has 188 valence electrons. The molecule has 11 heteroatoms. The zero-order chi connectivity index (χ0) is 24.6. The molecule has 1 unspecified atom stereocenters. The number of nitrogen functional groups attached to an aromatic ring is 1. The van der Waals surface area contributed by atoms with E-state index in [0.717, 1.165) is 19.4 Å². The van der Waals surface area contributed by atoms with E-state index < -0.39 is 15.9 Å². The van der Waals surface area contributed by atoms with Crippen molar-refractivity contribution in [3.8, 4) is 16.9 Å². The van der Waals surface area contributed by atoms with Crippen LogP contribution in [0, 0.1) is 11.7 Å². The van der Waals surface area contributed by atoms with Gasteiger partial charge >= 0.3 is 0 Å². The van der Waals surface area contributed by atoms with Gasteiger partial charge in [-0.25, -0.2) is 14.4 Å². The maximum Gasteiger partial charge on any atom is 0.265 e. The van der Waals surface area contributed by atoms with Crippen molar-refractivity contribution in [1.29, 1.82) is 0 Å². The molecule has 0 spiro atoms. The quantitative estimate of drug-likeness (QED) is 0.462. The molecule has 3 heterocycles. The molecule has 3 aromatic rings. The molecule has 35 heavy (non-hydrogen) atoms. The summed E-state index contributed by atoms with van der Waals surface area (Å²) in [5.74, 6) is 0.0787. The number of rotatable bonds is 7. The first-order chi connectivity index (χ1) is 16.8. The van der Waals surface area contributed by atoms with E-state index in [1.807, 2.05) is 10.8 Å². The minimum absolute atomic E-state index is 0.0419. The number of aromatic nitrogens is 3. The Morgan fingerprint density at radius 3 is 2.69 bits per heavy atom. The van der Waals surface area contributed by atoms with E-state index in [-0.39, 0.29) is 29.6 Å². The van der Waals surface area contributed by atoms with Gasteiger partial charge in [0.2, 0.25) is 0 Å². The first-order valence-corrected chi connectivity index (χ1v) is 13.5. The second kappa shape index (κ2) is 9.71. The fourth-order valence-corrected chi connectivity index (χ4v) is 6.17. The fraction of sp³-hybridized carbons (Fsp3) is 0.500. The normalized spacial score (nSPS) is 23.1. The van der Waals surface area contributed by atoms with Crippen molar-refractivity contribution in [2.24, 2.45) is 5.92 Å². The van der Waals surface area contributed by atoms with Gasteiger partial charge in [-0.2, -0.15) is 8.42 Å². The van der Waals surface area contributed by atoms with Gasteiger partial charge in [0.15, 0.2) is 0 Å². The van der Waals surface area contributed by atoms with Gasteiger partial charge in [0, 0.05) is 30.0 Å². The number of fused-ring (bicyclic) bond motifs is 1. The van der Waals surface area contributed by atoms with E-state index in [1.54, 1.807) is 12.1 Å². The average Bonchev–Trinajstić information content (AvgIpc) is 3.47. The minimum Gasteiger partial charge on any atom is -0.491 e. The molecule has 1 atom stereocenters. The zero-order valence-electron chi connectivity index (χ0n) is 19.3. The maximum absolute atomic E-state index is 15.1. The maximum atomic E-state index is 15.1. The summed E-state index contributed by atoms with van der Waals surface area (Å²) >= 11 is 0. The molecule has 1 aromatic carbocycles. The first kappa shape index (κ1) is 24.0. The number of anilines is 1. The topological polar surface area (TPSA) is 130 Å². The highest BCUT2D eigenvalue weighted by Crippen LogP contribution is 2.40. The number of benzene rings is 1. The largest absolute Gasteiger partial charge is 0.491 e. The van der Waals surface area contributed by atoms with Crippen molar-refractivity contribution >= 4 is 27.0 Å². The minimum atomic E-state index is -4.00. The SMILES string of the molecule is Nc1ncnc2c1c(-c1cc(OCC3CCCO3)ccc1F)cn2C1CCC(CS(=O)(=O)O)CC1. The molecule has 2 aromatic heterocycles. The molecule has 1 aliphatic heterocycles. The van der Waals surface area contributed by atoms with Crippen LogP contribution in [-0.2, 0) is 14.9 Å². The Bertz CT molecular complexity index is 1310. The molecule has 0 amide bonds. The second-order valence-electron chi connectivity index (χ2n) is 9.42. The van der Waals surface area contributed by atoms with Crippen LogP contribution in [0.25, 0.3) is 22.2 Å². The van der Waals surface area contributed by atoms with Gasteiger partial charge in [-0.1, -0.05) is 0 Å². The van der Waals surface area contributed by atoms with Crippen LogP contribution in [0.15, 0.2) is 30.7 Å². The summed E-state index contributed by atoms with van der Waals surface area (Å²) < 4.78 is 60.3. The highest BCUT2D eigenvalue weighted by Gasteiger charge is 2.28. The van der Waals surface area contributed by atoms with E-state index in [1.165, 1.54) is 12.4 Å². The van der Waals surface area contributed by atoms with E-state index in [2.05, 4.69) is 9.97 Å². The lowest BCUT2D eigenvalue weighted by molar-refractivity contribution is 0.0679. The number of nitrogens with two attached hydrogens (primary N) is 1. The Hall–Kier alpha value is -2.76. The third-order valence-electron chi connectivity index (χ3n) is 6.98. The molecule has 2 aliphatic rings. The van der Waals surface area contributed by atoms with Crippen LogP contribution in [0.2, 0.25) is 0 Å². The molecule has 5 rings (SSSR count). The van der Waals surface area contributed by atoms with Crippen LogP contribution in [0.3, 0.4) is 0 Å². The lowest BCUT2D eigenvalue weighted by Crippen LogP contribution is -2.23. The Morgan fingerprint density at radius 2 is 1.97 bits per heavy atom. The van der Waals surface area contributed by atoms with E-state index in [4.69, 9.17) is 15.2 Å². The monoisotopic (exact) mass is 504 g/mol. The van der Waals surface area contributed by atoms with Crippen LogP contribution in [0.1, 0.15) is 44.6 Å². The van der Waals surface area contributed by atoms with Gasteiger partial charge in [-0.05, 0) is 62.6 Å². The number of nitrogens with zero attached hydrogens (tertiary/aromatic N) is 3. The highest BCUT2D eigenvalue weighted by atomic mass is 32.2. The Kier molecular flexibility index (Phi) is 6.65. The smallest absolute Gasteiger partial charge is 0.265 e. The fourth-order valence-electron chi connectivity index (χ4n) is 5.24. The van der Waals surface area contributed by atoms with Gasteiger partial charge < -0.3 is 19.8 Å². The number of hydrogen-bond donors (Lipinski definition) is 2. The Morgan fingerprint density at radius 1 is 1.17 bits per heavy atom. The lowest BCUT2D eigenvalue weighted by atomic mass is 9.87. The van der Waals surface area contributed by atoms with Crippen molar-refractivity contribution < 1.29 is 26.8 Å². The van der Waals surface area contributed by atoms with Crippen LogP contribution in [-0.4, -0.2) is 52.6 Å². The second-order valence-corrected chi connectivity index (χ2v) is 10.9. The summed E-state index contributed by atoms with van der Waals surface area (Å²) in [7, 11) is -4.00. The van der Waals surface area contributed by atoms with Crippen molar-refractivity contribution in [2.75, 3.05) is 24.7 Å². The zero-order valence-corrected chi connectivity index (χ0v) is 20.1. The molecule has 0 bridgehead atoms. The van der Waals surface area contributed by atoms with Gasteiger partial charge in [-0.3, -0.25) is 4.55 Å². The van der Waals surface area contributed by atoms with Crippen LogP contribution >= 0.6 is 0 Å². The first-order valence-electron chi connectivity index (χ1n) is 11.9. The summed E-state index contributed by atoms with van der Waals surface area (Å²) in [6.07, 6.45) is 7.97. The van der Waals surface area contributed by atoms with Crippen molar-refractivity contribution in [3.63, 3.8) is 0 Å². The van der Waals surface area contributed by atoms with Crippen molar-refractivity contribution in [1.82, 2.24) is 14.5 Å². The summed E-state index contributed by atoms with van der Waals surface area (Å²) in [5.41, 5.74) is 7.77. The molecule has 2 fully saturated rings. The predicted molar refractivity (Wildman–Crippen MR) is 129 cm³/mol. The summed E-state index contributed by atoms with van der Waals surface area (Å²) in [5, 5.41) is 0.572. The third-order valence-corrected chi connectivity index (χ3v) is 7.88. The number of hydrogen-bond acceptors (Lipinski definition) is 7. The van der Waals surface area contributed by atoms with E-state index >= 15 is 4.39 Å². The summed E-state index contributed by atoms with van der Waals surface area (Å²) in [6.45, 7) is 1.14. The summed E-state index contributed by atoms with van der Waals surface area (Å²) in [4.78, 5) is 8.58.